The Hall–Kier alpha value is -3.19. The summed E-state index contributed by atoms with van der Waals surface area (Å²) >= 11 is 0. The molecule has 4 amide bonds. The van der Waals surface area contributed by atoms with Gasteiger partial charge in [0.1, 0.15) is 0 Å². The maximum atomic E-state index is 13.0. The number of imide groups is 1. The molecule has 4 rings (SSSR count). The highest BCUT2D eigenvalue weighted by atomic mass is 16.2. The number of benzene rings is 2. The summed E-state index contributed by atoms with van der Waals surface area (Å²) in [5.74, 6) is -0.206. The van der Waals surface area contributed by atoms with Gasteiger partial charge < -0.3 is 10.2 Å². The first-order chi connectivity index (χ1) is 14.6. The number of carbonyl (C=O) groups is 3. The van der Waals surface area contributed by atoms with Crippen molar-refractivity contribution in [1.29, 1.82) is 0 Å². The number of urea groups is 1. The van der Waals surface area contributed by atoms with E-state index in [-0.39, 0.29) is 30.9 Å². The number of hydrogen-bond donors (Lipinski definition) is 1. The predicted molar refractivity (Wildman–Crippen MR) is 113 cm³/mol. The van der Waals surface area contributed by atoms with Crippen molar-refractivity contribution in [3.63, 3.8) is 0 Å². The molecule has 30 heavy (non-hydrogen) atoms. The molecule has 7 nitrogen and oxygen atoms in total. The molecule has 0 radical (unpaired) electrons. The lowest BCUT2D eigenvalue weighted by Gasteiger charge is -2.22. The van der Waals surface area contributed by atoms with E-state index >= 15 is 0 Å². The fraction of sp³-hybridized carbons (Fsp3) is 0.348. The van der Waals surface area contributed by atoms with E-state index < -0.39 is 0 Å². The first-order valence-electron chi connectivity index (χ1n) is 10.3. The molecule has 7 heteroatoms. The van der Waals surface area contributed by atoms with Crippen molar-refractivity contribution in [3.05, 3.63) is 71.3 Å². The summed E-state index contributed by atoms with van der Waals surface area (Å²) in [7, 11) is 0. The number of nitrogens with zero attached hydrogens (tertiary/aromatic N) is 3. The SMILES string of the molecule is O=C(c1ccc(CN2C(=O)CNC2=O)cc1)N1CCCN(Cc2ccccc2)CC1. The highest BCUT2D eigenvalue weighted by Crippen LogP contribution is 2.14. The Bertz CT molecular complexity index is 898. The number of hydrogen-bond acceptors (Lipinski definition) is 4. The molecule has 2 aromatic rings. The summed E-state index contributed by atoms with van der Waals surface area (Å²) in [6.45, 7) is 4.45. The zero-order valence-electron chi connectivity index (χ0n) is 16.9. The summed E-state index contributed by atoms with van der Waals surface area (Å²) < 4.78 is 0. The lowest BCUT2D eigenvalue weighted by Crippen LogP contribution is -2.35. The average molecular weight is 406 g/mol. The third-order valence-corrected chi connectivity index (χ3v) is 5.60. The highest BCUT2D eigenvalue weighted by Gasteiger charge is 2.28. The van der Waals surface area contributed by atoms with E-state index in [1.807, 2.05) is 23.1 Å². The van der Waals surface area contributed by atoms with E-state index in [4.69, 9.17) is 0 Å². The van der Waals surface area contributed by atoms with Crippen LogP contribution in [-0.4, -0.2) is 65.3 Å². The molecule has 0 aliphatic carbocycles. The van der Waals surface area contributed by atoms with Crippen molar-refractivity contribution in [3.8, 4) is 0 Å². The molecule has 2 aliphatic heterocycles. The standard InChI is InChI=1S/C23H26N4O3/c28-21-15-24-23(30)27(21)17-19-7-9-20(10-8-19)22(29)26-12-4-11-25(13-14-26)16-18-5-2-1-3-6-18/h1-3,5-10H,4,11-17H2,(H,24,30). The molecule has 1 N–H and O–H groups in total. The first kappa shape index (κ1) is 20.1. The monoisotopic (exact) mass is 406 g/mol. The Kier molecular flexibility index (Phi) is 6.09. The summed E-state index contributed by atoms with van der Waals surface area (Å²) in [6.07, 6.45) is 0.947. The van der Waals surface area contributed by atoms with Crippen LogP contribution in [0.2, 0.25) is 0 Å². The maximum absolute atomic E-state index is 13.0. The van der Waals surface area contributed by atoms with Gasteiger partial charge >= 0.3 is 6.03 Å². The molecule has 2 fully saturated rings. The Morgan fingerprint density at radius 3 is 2.27 bits per heavy atom. The molecule has 2 saturated heterocycles. The van der Waals surface area contributed by atoms with Gasteiger partial charge in [0.25, 0.3) is 5.91 Å². The zero-order chi connectivity index (χ0) is 20.9. The minimum absolute atomic E-state index is 0.0260. The van der Waals surface area contributed by atoms with Crippen molar-refractivity contribution in [2.24, 2.45) is 0 Å². The van der Waals surface area contributed by atoms with Gasteiger partial charge in [0, 0.05) is 38.3 Å². The second-order valence-corrected chi connectivity index (χ2v) is 7.74. The minimum Gasteiger partial charge on any atom is -0.337 e. The predicted octanol–water partition coefficient (Wildman–Crippen LogP) is 2.09. The van der Waals surface area contributed by atoms with Crippen LogP contribution in [0.15, 0.2) is 54.6 Å². The van der Waals surface area contributed by atoms with Crippen LogP contribution in [0.4, 0.5) is 4.79 Å². The number of nitrogens with one attached hydrogen (secondary N) is 1. The van der Waals surface area contributed by atoms with E-state index in [2.05, 4.69) is 34.5 Å². The van der Waals surface area contributed by atoms with E-state index in [0.29, 0.717) is 12.1 Å². The van der Waals surface area contributed by atoms with Crippen LogP contribution in [0.25, 0.3) is 0 Å². The lowest BCUT2D eigenvalue weighted by molar-refractivity contribution is -0.125. The summed E-state index contributed by atoms with van der Waals surface area (Å²) in [6, 6.07) is 17.2. The number of carbonyl (C=O) groups excluding carboxylic acids is 3. The Morgan fingerprint density at radius 1 is 0.833 bits per heavy atom. The second kappa shape index (κ2) is 9.09. The minimum atomic E-state index is -0.371. The lowest BCUT2D eigenvalue weighted by atomic mass is 10.1. The van der Waals surface area contributed by atoms with Crippen LogP contribution in [0, 0.1) is 0 Å². The van der Waals surface area contributed by atoms with Crippen LogP contribution in [0.1, 0.15) is 27.9 Å². The van der Waals surface area contributed by atoms with Crippen LogP contribution >= 0.6 is 0 Å². The van der Waals surface area contributed by atoms with Gasteiger partial charge in [0.2, 0.25) is 5.91 Å². The highest BCUT2D eigenvalue weighted by molar-refractivity contribution is 6.01. The smallest absolute Gasteiger partial charge is 0.324 e. The van der Waals surface area contributed by atoms with Crippen molar-refractivity contribution in [1.82, 2.24) is 20.0 Å². The van der Waals surface area contributed by atoms with Crippen LogP contribution in [0.3, 0.4) is 0 Å². The quantitative estimate of drug-likeness (QED) is 0.772. The molecule has 2 aliphatic rings. The van der Waals surface area contributed by atoms with E-state index in [1.54, 1.807) is 12.1 Å². The molecular formula is C23H26N4O3. The Balaban J connectivity index is 1.33. The third kappa shape index (κ3) is 4.68. The molecule has 0 bridgehead atoms. The van der Waals surface area contributed by atoms with Gasteiger partial charge in [0.05, 0.1) is 13.1 Å². The Labute approximate surface area is 176 Å². The van der Waals surface area contributed by atoms with Gasteiger partial charge in [-0.15, -0.1) is 0 Å². The molecule has 0 unspecified atom stereocenters. The normalized spacial score (nSPS) is 17.7. The topological polar surface area (TPSA) is 73.0 Å². The van der Waals surface area contributed by atoms with E-state index in [1.165, 1.54) is 10.5 Å². The molecular weight excluding hydrogens is 380 g/mol. The van der Waals surface area contributed by atoms with Gasteiger partial charge in [-0.25, -0.2) is 4.79 Å². The van der Waals surface area contributed by atoms with Gasteiger partial charge in [-0.05, 0) is 29.7 Å². The van der Waals surface area contributed by atoms with Crippen LogP contribution in [0.5, 0.6) is 0 Å². The molecule has 156 valence electrons. The summed E-state index contributed by atoms with van der Waals surface area (Å²) in [5, 5.41) is 2.51. The largest absolute Gasteiger partial charge is 0.337 e. The molecule has 2 aromatic carbocycles. The third-order valence-electron chi connectivity index (χ3n) is 5.60. The zero-order valence-corrected chi connectivity index (χ0v) is 16.9. The maximum Gasteiger partial charge on any atom is 0.324 e. The van der Waals surface area contributed by atoms with E-state index in [9.17, 15) is 14.4 Å². The number of rotatable bonds is 5. The van der Waals surface area contributed by atoms with Gasteiger partial charge in [-0.2, -0.15) is 0 Å². The fourth-order valence-electron chi connectivity index (χ4n) is 3.91. The van der Waals surface area contributed by atoms with Crippen molar-refractivity contribution >= 4 is 17.8 Å². The molecule has 0 saturated carbocycles. The molecule has 0 aromatic heterocycles. The average Bonchev–Trinajstić information content (AvgIpc) is 2.95. The second-order valence-electron chi connectivity index (χ2n) is 7.74. The van der Waals surface area contributed by atoms with E-state index in [0.717, 1.165) is 38.2 Å². The molecule has 2 heterocycles. The summed E-state index contributed by atoms with van der Waals surface area (Å²) in [4.78, 5) is 41.8. The van der Waals surface area contributed by atoms with Crippen LogP contribution in [-0.2, 0) is 17.9 Å². The van der Waals surface area contributed by atoms with Crippen molar-refractivity contribution in [2.75, 3.05) is 32.7 Å². The van der Waals surface area contributed by atoms with Crippen molar-refractivity contribution in [2.45, 2.75) is 19.5 Å². The van der Waals surface area contributed by atoms with Crippen molar-refractivity contribution < 1.29 is 14.4 Å². The van der Waals surface area contributed by atoms with Gasteiger partial charge in [0.15, 0.2) is 0 Å². The first-order valence-corrected chi connectivity index (χ1v) is 10.3. The van der Waals surface area contributed by atoms with Gasteiger partial charge in [-0.1, -0.05) is 42.5 Å². The van der Waals surface area contributed by atoms with Gasteiger partial charge in [-0.3, -0.25) is 19.4 Å². The Morgan fingerprint density at radius 2 is 1.57 bits per heavy atom. The van der Waals surface area contributed by atoms with Crippen LogP contribution < -0.4 is 5.32 Å². The fourth-order valence-corrected chi connectivity index (χ4v) is 3.91. The number of amides is 4. The molecule has 0 spiro atoms. The summed E-state index contributed by atoms with van der Waals surface area (Å²) in [5.41, 5.74) is 2.74. The molecule has 0 atom stereocenters.